The van der Waals surface area contributed by atoms with Crippen molar-refractivity contribution in [1.29, 1.82) is 0 Å². The summed E-state index contributed by atoms with van der Waals surface area (Å²) in [5.74, 6) is 0.490. The number of aromatic nitrogens is 3. The number of rotatable bonds is 3. The van der Waals surface area contributed by atoms with Gasteiger partial charge >= 0.3 is 0 Å². The average Bonchev–Trinajstić information content (AvgIpc) is 2.66. The molecular formula is C9H7N3O2S. The number of hydrogen-bond acceptors (Lipinski definition) is 4. The topological polar surface area (TPSA) is 59.9 Å². The van der Waals surface area contributed by atoms with Crippen LogP contribution in [-0.2, 0) is 4.79 Å². The van der Waals surface area contributed by atoms with Crippen molar-refractivity contribution in [2.24, 2.45) is 0 Å². The minimum absolute atomic E-state index is 0.387. The first-order chi connectivity index (χ1) is 7.31. The van der Waals surface area contributed by atoms with Crippen molar-refractivity contribution < 1.29 is 9.53 Å². The highest BCUT2D eigenvalue weighted by atomic mass is 32.1. The zero-order valence-corrected chi connectivity index (χ0v) is 8.40. The Morgan fingerprint density at radius 1 is 1.40 bits per heavy atom. The molecule has 0 aliphatic heterocycles. The molecule has 2 aromatic rings. The maximum Gasteiger partial charge on any atom is 0.298 e. The molecule has 0 radical (unpaired) electrons. The fourth-order valence-electron chi connectivity index (χ4n) is 1.17. The molecule has 1 heterocycles. The van der Waals surface area contributed by atoms with Crippen LogP contribution in [-0.4, -0.2) is 21.2 Å². The smallest absolute Gasteiger partial charge is 0.298 e. The van der Waals surface area contributed by atoms with Crippen LogP contribution in [0.1, 0.15) is 0 Å². The summed E-state index contributed by atoms with van der Waals surface area (Å²) < 4.78 is 6.89. The first-order valence-electron chi connectivity index (χ1n) is 4.14. The van der Waals surface area contributed by atoms with Gasteiger partial charge in [-0.15, -0.1) is 0 Å². The van der Waals surface area contributed by atoms with E-state index in [1.54, 1.807) is 35.2 Å². The van der Waals surface area contributed by atoms with E-state index in [1.165, 1.54) is 0 Å². The van der Waals surface area contributed by atoms with Gasteiger partial charge in [-0.05, 0) is 36.5 Å². The molecule has 0 aliphatic carbocycles. The van der Waals surface area contributed by atoms with Crippen molar-refractivity contribution in [1.82, 2.24) is 14.8 Å². The summed E-state index contributed by atoms with van der Waals surface area (Å²) in [4.78, 5) is 10.1. The second kappa shape index (κ2) is 4.05. The van der Waals surface area contributed by atoms with E-state index in [1.807, 2.05) is 0 Å². The number of H-pyrrole nitrogens is 1. The molecule has 0 saturated heterocycles. The molecule has 2 rings (SSSR count). The molecule has 0 bridgehead atoms. The Kier molecular flexibility index (Phi) is 2.59. The van der Waals surface area contributed by atoms with Crippen LogP contribution >= 0.6 is 12.2 Å². The second-order valence-electron chi connectivity index (χ2n) is 2.74. The number of nitrogens with zero attached hydrogens (tertiary/aromatic N) is 2. The van der Waals surface area contributed by atoms with Crippen LogP contribution in [0.25, 0.3) is 5.69 Å². The van der Waals surface area contributed by atoms with Gasteiger partial charge < -0.3 is 4.74 Å². The number of nitrogens with one attached hydrogen (secondary N) is 1. The van der Waals surface area contributed by atoms with Gasteiger partial charge in [0, 0.05) is 5.69 Å². The average molecular weight is 221 g/mol. The summed E-state index contributed by atoms with van der Waals surface area (Å²) in [6, 6.07) is 6.92. The summed E-state index contributed by atoms with van der Waals surface area (Å²) >= 11 is 5.01. The number of hydrogen-bond donors (Lipinski definition) is 1. The van der Waals surface area contributed by atoms with Gasteiger partial charge in [0.1, 0.15) is 12.1 Å². The Balaban J connectivity index is 2.35. The van der Waals surface area contributed by atoms with Crippen LogP contribution in [0.15, 0.2) is 30.6 Å². The molecule has 1 aromatic carbocycles. The third-order valence-corrected chi connectivity index (χ3v) is 2.14. The van der Waals surface area contributed by atoms with Crippen LogP contribution in [0.2, 0.25) is 0 Å². The summed E-state index contributed by atoms with van der Waals surface area (Å²) in [5.41, 5.74) is 0.854. The second-order valence-corrected chi connectivity index (χ2v) is 3.13. The Morgan fingerprint density at radius 2 is 2.13 bits per heavy atom. The van der Waals surface area contributed by atoms with Gasteiger partial charge in [-0.25, -0.2) is 0 Å². The number of carbonyl (C=O) groups excluding carboxylic acids is 1. The molecular weight excluding hydrogens is 214 g/mol. The van der Waals surface area contributed by atoms with Gasteiger partial charge in [0.25, 0.3) is 6.47 Å². The molecule has 0 fully saturated rings. The van der Waals surface area contributed by atoms with E-state index < -0.39 is 0 Å². The Morgan fingerprint density at radius 3 is 2.67 bits per heavy atom. The first-order valence-corrected chi connectivity index (χ1v) is 4.55. The molecule has 0 atom stereocenters. The van der Waals surface area contributed by atoms with E-state index in [4.69, 9.17) is 12.2 Å². The van der Waals surface area contributed by atoms with Gasteiger partial charge in [-0.2, -0.15) is 5.10 Å². The minimum Gasteiger partial charge on any atom is -0.429 e. The van der Waals surface area contributed by atoms with Gasteiger partial charge in [0.05, 0.1) is 0 Å². The Bertz CT molecular complexity index is 515. The van der Waals surface area contributed by atoms with Crippen molar-refractivity contribution in [2.75, 3.05) is 0 Å². The fourth-order valence-corrected chi connectivity index (χ4v) is 1.38. The van der Waals surface area contributed by atoms with E-state index in [9.17, 15) is 4.79 Å². The first kappa shape index (κ1) is 9.60. The normalized spacial score (nSPS) is 9.87. The van der Waals surface area contributed by atoms with Crippen molar-refractivity contribution in [3.8, 4) is 11.4 Å². The van der Waals surface area contributed by atoms with Crippen molar-refractivity contribution >= 4 is 18.7 Å². The van der Waals surface area contributed by atoms with Gasteiger partial charge in [0.2, 0.25) is 0 Å². The highest BCUT2D eigenvalue weighted by Gasteiger charge is 1.98. The van der Waals surface area contributed by atoms with Crippen LogP contribution < -0.4 is 4.74 Å². The number of carbonyl (C=O) groups is 1. The molecule has 0 aliphatic rings. The zero-order valence-electron chi connectivity index (χ0n) is 7.58. The maximum atomic E-state index is 10.1. The summed E-state index contributed by atoms with van der Waals surface area (Å²) in [6.07, 6.45) is 1.58. The van der Waals surface area contributed by atoms with Crippen LogP contribution in [0.5, 0.6) is 5.75 Å². The SMILES string of the molecule is O=COc1ccc(-n2cn[nH]c2=S)cc1. The lowest BCUT2D eigenvalue weighted by atomic mass is 10.3. The van der Waals surface area contributed by atoms with Crippen molar-refractivity contribution in [3.63, 3.8) is 0 Å². The summed E-state index contributed by atoms with van der Waals surface area (Å²) in [7, 11) is 0. The van der Waals surface area contributed by atoms with Crippen LogP contribution in [0.3, 0.4) is 0 Å². The standard InChI is InChI=1S/C9H7N3O2S/c13-6-14-8-3-1-7(2-4-8)12-5-10-11-9(12)15/h1-6H,(H,11,15). The van der Waals surface area contributed by atoms with Crippen molar-refractivity contribution in [3.05, 3.63) is 35.4 Å². The molecule has 6 heteroatoms. The molecule has 76 valence electrons. The quantitative estimate of drug-likeness (QED) is 0.629. The minimum atomic E-state index is 0.387. The zero-order chi connectivity index (χ0) is 10.7. The third-order valence-electron chi connectivity index (χ3n) is 1.85. The number of aromatic amines is 1. The molecule has 15 heavy (non-hydrogen) atoms. The van der Waals surface area contributed by atoms with Gasteiger partial charge in [0.15, 0.2) is 4.77 Å². The summed E-state index contributed by atoms with van der Waals surface area (Å²) in [6.45, 7) is 0.387. The monoisotopic (exact) mass is 221 g/mol. The lowest BCUT2D eigenvalue weighted by molar-refractivity contribution is -0.120. The maximum absolute atomic E-state index is 10.1. The molecule has 1 aromatic heterocycles. The van der Waals surface area contributed by atoms with Gasteiger partial charge in [-0.3, -0.25) is 14.5 Å². The lowest BCUT2D eigenvalue weighted by Crippen LogP contribution is -1.93. The third kappa shape index (κ3) is 1.94. The van der Waals surface area contributed by atoms with E-state index in [0.717, 1.165) is 5.69 Å². The lowest BCUT2D eigenvalue weighted by Gasteiger charge is -2.01. The molecule has 1 N–H and O–H groups in total. The fraction of sp³-hybridized carbons (Fsp3) is 0. The predicted molar refractivity (Wildman–Crippen MR) is 55.4 cm³/mol. The van der Waals surface area contributed by atoms with Gasteiger partial charge in [-0.1, -0.05) is 0 Å². The number of benzene rings is 1. The molecule has 0 amide bonds. The Hall–Kier alpha value is -1.95. The van der Waals surface area contributed by atoms with Crippen molar-refractivity contribution in [2.45, 2.75) is 0 Å². The van der Waals surface area contributed by atoms with E-state index in [-0.39, 0.29) is 0 Å². The van der Waals surface area contributed by atoms with E-state index in [2.05, 4.69) is 14.9 Å². The van der Waals surface area contributed by atoms with Crippen LogP contribution in [0, 0.1) is 4.77 Å². The Labute approximate surface area is 90.3 Å². The van der Waals surface area contributed by atoms with E-state index in [0.29, 0.717) is 17.0 Å². The highest BCUT2D eigenvalue weighted by molar-refractivity contribution is 7.71. The largest absolute Gasteiger partial charge is 0.429 e. The molecule has 0 unspecified atom stereocenters. The highest BCUT2D eigenvalue weighted by Crippen LogP contribution is 2.14. The van der Waals surface area contributed by atoms with Crippen LogP contribution in [0.4, 0.5) is 0 Å². The summed E-state index contributed by atoms with van der Waals surface area (Å²) in [5, 5.41) is 6.45. The predicted octanol–water partition coefficient (Wildman–Crippen LogP) is 1.47. The molecule has 5 nitrogen and oxygen atoms in total. The molecule has 0 saturated carbocycles. The van der Waals surface area contributed by atoms with E-state index >= 15 is 0 Å². The number of ether oxygens (including phenoxy) is 1. The molecule has 0 spiro atoms.